The Kier molecular flexibility index (Phi) is 8.48. The van der Waals surface area contributed by atoms with Crippen LogP contribution < -0.4 is 16.0 Å². The van der Waals surface area contributed by atoms with Gasteiger partial charge in [-0.3, -0.25) is 0 Å². The number of hydrogen-bond donors (Lipinski definition) is 4. The highest BCUT2D eigenvalue weighted by molar-refractivity contribution is 5.73. The van der Waals surface area contributed by atoms with Crippen LogP contribution in [0.2, 0.25) is 0 Å². The quantitative estimate of drug-likeness (QED) is 0.565. The van der Waals surface area contributed by atoms with Crippen molar-refractivity contribution in [3.05, 3.63) is 29.8 Å². The molecule has 130 valence electrons. The Morgan fingerprint density at radius 1 is 1.17 bits per heavy atom. The fourth-order valence-corrected chi connectivity index (χ4v) is 2.55. The Morgan fingerprint density at radius 3 is 2.48 bits per heavy atom. The van der Waals surface area contributed by atoms with E-state index in [0.717, 1.165) is 24.1 Å². The standard InChI is InChI=1S/C18H31N3O2/c1-5-15(6-2)17(22)12-20-18(23)19-11-14-8-7-9-16(10-14)21-13(3)4/h7-10,13,15,17,21-22H,5-6,11-12H2,1-4H3,(H2,19,20,23). The molecule has 0 radical (unpaired) electrons. The van der Waals surface area contributed by atoms with E-state index < -0.39 is 6.10 Å². The van der Waals surface area contributed by atoms with E-state index in [0.29, 0.717) is 12.6 Å². The maximum Gasteiger partial charge on any atom is 0.315 e. The number of hydrogen-bond acceptors (Lipinski definition) is 3. The molecule has 0 spiro atoms. The van der Waals surface area contributed by atoms with Gasteiger partial charge in [-0.05, 0) is 37.5 Å². The molecular formula is C18H31N3O2. The minimum absolute atomic E-state index is 0.231. The Bertz CT molecular complexity index is 473. The van der Waals surface area contributed by atoms with Crippen molar-refractivity contribution in [2.24, 2.45) is 5.92 Å². The van der Waals surface area contributed by atoms with Crippen molar-refractivity contribution in [2.75, 3.05) is 11.9 Å². The molecule has 1 aromatic carbocycles. The maximum absolute atomic E-state index is 11.8. The number of benzene rings is 1. The van der Waals surface area contributed by atoms with E-state index in [1.54, 1.807) is 0 Å². The summed E-state index contributed by atoms with van der Waals surface area (Å²) in [5.74, 6) is 0.231. The van der Waals surface area contributed by atoms with E-state index in [-0.39, 0.29) is 18.5 Å². The number of anilines is 1. The van der Waals surface area contributed by atoms with E-state index in [4.69, 9.17) is 0 Å². The normalized spacial score (nSPS) is 12.3. The SMILES string of the molecule is CCC(CC)C(O)CNC(=O)NCc1cccc(NC(C)C)c1. The molecule has 23 heavy (non-hydrogen) atoms. The molecule has 0 saturated heterocycles. The molecule has 0 aliphatic rings. The zero-order valence-electron chi connectivity index (χ0n) is 14.7. The average Bonchev–Trinajstić information content (AvgIpc) is 2.52. The van der Waals surface area contributed by atoms with Crippen molar-refractivity contribution in [1.82, 2.24) is 10.6 Å². The summed E-state index contributed by atoms with van der Waals surface area (Å²) in [6.45, 7) is 9.02. The van der Waals surface area contributed by atoms with Crippen LogP contribution in [0.25, 0.3) is 0 Å². The lowest BCUT2D eigenvalue weighted by Gasteiger charge is -2.20. The molecule has 0 aliphatic heterocycles. The summed E-state index contributed by atoms with van der Waals surface area (Å²) in [5, 5.41) is 18.9. The lowest BCUT2D eigenvalue weighted by atomic mass is 9.97. The van der Waals surface area contributed by atoms with Gasteiger partial charge in [0.1, 0.15) is 0 Å². The number of aliphatic hydroxyl groups excluding tert-OH is 1. The summed E-state index contributed by atoms with van der Waals surface area (Å²) in [6.07, 6.45) is 1.34. The van der Waals surface area contributed by atoms with Gasteiger partial charge in [-0.1, -0.05) is 38.8 Å². The first-order chi connectivity index (χ1) is 11.0. The first-order valence-electron chi connectivity index (χ1n) is 8.51. The number of carbonyl (C=O) groups excluding carboxylic acids is 1. The summed E-state index contributed by atoms with van der Waals surface area (Å²) < 4.78 is 0. The fraction of sp³-hybridized carbons (Fsp3) is 0.611. The van der Waals surface area contributed by atoms with Gasteiger partial charge in [-0.15, -0.1) is 0 Å². The zero-order valence-corrected chi connectivity index (χ0v) is 14.7. The highest BCUT2D eigenvalue weighted by atomic mass is 16.3. The predicted octanol–water partition coefficient (Wildman–Crippen LogP) is 3.10. The second kappa shape index (κ2) is 10.1. The monoisotopic (exact) mass is 321 g/mol. The third-order valence-corrected chi connectivity index (χ3v) is 3.90. The molecule has 1 rings (SSSR count). The Morgan fingerprint density at radius 2 is 1.87 bits per heavy atom. The summed E-state index contributed by atoms with van der Waals surface area (Å²) in [5.41, 5.74) is 2.08. The number of urea groups is 1. The number of amides is 2. The molecule has 0 heterocycles. The van der Waals surface area contributed by atoms with E-state index in [2.05, 4.69) is 43.6 Å². The lowest BCUT2D eigenvalue weighted by molar-refractivity contribution is 0.103. The van der Waals surface area contributed by atoms with Crippen LogP contribution in [0, 0.1) is 5.92 Å². The van der Waals surface area contributed by atoms with Gasteiger partial charge in [0.05, 0.1) is 6.10 Å². The van der Waals surface area contributed by atoms with Gasteiger partial charge in [0.15, 0.2) is 0 Å². The smallest absolute Gasteiger partial charge is 0.315 e. The molecule has 0 fully saturated rings. The highest BCUT2D eigenvalue weighted by Crippen LogP contribution is 2.13. The van der Waals surface area contributed by atoms with E-state index in [9.17, 15) is 9.90 Å². The average molecular weight is 321 g/mol. The van der Waals surface area contributed by atoms with Crippen molar-refractivity contribution in [3.8, 4) is 0 Å². The molecule has 5 heteroatoms. The van der Waals surface area contributed by atoms with Crippen LogP contribution in [0.1, 0.15) is 46.1 Å². The van der Waals surface area contributed by atoms with Crippen LogP contribution in [0.4, 0.5) is 10.5 Å². The highest BCUT2D eigenvalue weighted by Gasteiger charge is 2.15. The largest absolute Gasteiger partial charge is 0.391 e. The van der Waals surface area contributed by atoms with Crippen LogP contribution in [-0.2, 0) is 6.54 Å². The first kappa shape index (κ1) is 19.3. The molecule has 0 saturated carbocycles. The van der Waals surface area contributed by atoms with E-state index >= 15 is 0 Å². The second-order valence-electron chi connectivity index (χ2n) is 6.21. The molecule has 0 bridgehead atoms. The van der Waals surface area contributed by atoms with Crippen LogP contribution in [0.5, 0.6) is 0 Å². The van der Waals surface area contributed by atoms with Gasteiger partial charge in [-0.25, -0.2) is 4.79 Å². The molecule has 1 atom stereocenters. The van der Waals surface area contributed by atoms with Gasteiger partial charge < -0.3 is 21.1 Å². The zero-order chi connectivity index (χ0) is 17.2. The topological polar surface area (TPSA) is 73.4 Å². The molecule has 4 N–H and O–H groups in total. The van der Waals surface area contributed by atoms with Crippen molar-refractivity contribution in [1.29, 1.82) is 0 Å². The fourth-order valence-electron chi connectivity index (χ4n) is 2.55. The summed E-state index contributed by atoms with van der Waals surface area (Å²) in [7, 11) is 0. The van der Waals surface area contributed by atoms with Crippen LogP contribution >= 0.6 is 0 Å². The van der Waals surface area contributed by atoms with Gasteiger partial charge in [-0.2, -0.15) is 0 Å². The number of rotatable bonds is 9. The Labute approximate surface area is 139 Å². The van der Waals surface area contributed by atoms with E-state index in [1.165, 1.54) is 0 Å². The van der Waals surface area contributed by atoms with Crippen molar-refractivity contribution in [2.45, 2.75) is 59.2 Å². The Hall–Kier alpha value is -1.75. The first-order valence-corrected chi connectivity index (χ1v) is 8.51. The van der Waals surface area contributed by atoms with Crippen LogP contribution in [-0.4, -0.2) is 29.8 Å². The van der Waals surface area contributed by atoms with Gasteiger partial charge in [0.25, 0.3) is 0 Å². The third-order valence-electron chi connectivity index (χ3n) is 3.90. The molecule has 2 amide bonds. The van der Waals surface area contributed by atoms with Crippen molar-refractivity contribution in [3.63, 3.8) is 0 Å². The molecular weight excluding hydrogens is 290 g/mol. The molecule has 0 aromatic heterocycles. The number of carbonyl (C=O) groups is 1. The number of nitrogens with one attached hydrogen (secondary N) is 3. The molecule has 5 nitrogen and oxygen atoms in total. The van der Waals surface area contributed by atoms with Gasteiger partial charge in [0, 0.05) is 24.8 Å². The van der Waals surface area contributed by atoms with Gasteiger partial charge >= 0.3 is 6.03 Å². The van der Waals surface area contributed by atoms with Crippen LogP contribution in [0.15, 0.2) is 24.3 Å². The maximum atomic E-state index is 11.8. The minimum Gasteiger partial charge on any atom is -0.391 e. The molecule has 1 aromatic rings. The summed E-state index contributed by atoms with van der Waals surface area (Å²) in [6, 6.07) is 8.10. The molecule has 0 aliphatic carbocycles. The summed E-state index contributed by atoms with van der Waals surface area (Å²) >= 11 is 0. The van der Waals surface area contributed by atoms with Gasteiger partial charge in [0.2, 0.25) is 0 Å². The summed E-state index contributed by atoms with van der Waals surface area (Å²) in [4.78, 5) is 11.8. The van der Waals surface area contributed by atoms with E-state index in [1.807, 2.05) is 24.3 Å². The van der Waals surface area contributed by atoms with Crippen LogP contribution in [0.3, 0.4) is 0 Å². The van der Waals surface area contributed by atoms with Crippen molar-refractivity contribution < 1.29 is 9.90 Å². The third kappa shape index (κ3) is 7.37. The second-order valence-corrected chi connectivity index (χ2v) is 6.21. The number of aliphatic hydroxyl groups is 1. The lowest BCUT2D eigenvalue weighted by Crippen LogP contribution is -2.41. The molecule has 1 unspecified atom stereocenters. The minimum atomic E-state index is -0.491. The Balaban J connectivity index is 2.38. The predicted molar refractivity (Wildman–Crippen MR) is 95.5 cm³/mol. The van der Waals surface area contributed by atoms with Crippen molar-refractivity contribution >= 4 is 11.7 Å².